The molecule has 0 saturated heterocycles. The van der Waals surface area contributed by atoms with E-state index < -0.39 is 53.8 Å². The van der Waals surface area contributed by atoms with Crippen LogP contribution < -0.4 is 27.0 Å². The molecule has 0 aliphatic carbocycles. The van der Waals surface area contributed by atoms with E-state index in [1.165, 1.54) is 12.1 Å². The van der Waals surface area contributed by atoms with Gasteiger partial charge in [0.2, 0.25) is 23.6 Å². The van der Waals surface area contributed by atoms with Gasteiger partial charge in [0, 0.05) is 25.7 Å². The number of nitrogens with two attached hydrogens (primary N) is 1. The van der Waals surface area contributed by atoms with Crippen LogP contribution in [0.4, 0.5) is 0 Å². The molecule has 260 valence electrons. The molecular formula is C38H41N5O7. The summed E-state index contributed by atoms with van der Waals surface area (Å²) in [6.45, 7) is -0.370. The largest absolute Gasteiger partial charge is 0.508 e. The normalized spacial score (nSPS) is 13.1. The highest BCUT2D eigenvalue weighted by molar-refractivity contribution is 5.95. The lowest BCUT2D eigenvalue weighted by Gasteiger charge is -2.26. The minimum atomic E-state index is -1.27. The predicted octanol–water partition coefficient (Wildman–Crippen LogP) is 1.65. The second-order valence-corrected chi connectivity index (χ2v) is 11.8. The maximum absolute atomic E-state index is 14.0. The Balaban J connectivity index is 1.59. The Kier molecular flexibility index (Phi) is 13.6. The maximum atomic E-state index is 14.0. The van der Waals surface area contributed by atoms with Crippen molar-refractivity contribution in [1.82, 2.24) is 21.3 Å². The van der Waals surface area contributed by atoms with Crippen molar-refractivity contribution in [3.8, 4) is 5.75 Å². The molecule has 50 heavy (non-hydrogen) atoms. The number of amides is 4. The van der Waals surface area contributed by atoms with Crippen LogP contribution >= 0.6 is 0 Å². The first-order valence-corrected chi connectivity index (χ1v) is 16.1. The number of carbonyl (C=O) groups is 5. The van der Waals surface area contributed by atoms with Crippen LogP contribution in [0.25, 0.3) is 0 Å². The lowest BCUT2D eigenvalue weighted by atomic mass is 10.0. The van der Waals surface area contributed by atoms with E-state index >= 15 is 0 Å². The maximum Gasteiger partial charge on any atom is 0.326 e. The van der Waals surface area contributed by atoms with E-state index in [-0.39, 0.29) is 38.0 Å². The van der Waals surface area contributed by atoms with Gasteiger partial charge in [-0.3, -0.25) is 19.2 Å². The molecule has 4 aromatic rings. The quantitative estimate of drug-likeness (QED) is 0.0874. The third-order valence-electron chi connectivity index (χ3n) is 7.94. The Morgan fingerprint density at radius 1 is 0.480 bits per heavy atom. The van der Waals surface area contributed by atoms with Gasteiger partial charge >= 0.3 is 5.97 Å². The highest BCUT2D eigenvalue weighted by Crippen LogP contribution is 2.13. The zero-order chi connectivity index (χ0) is 35.9. The Morgan fingerprint density at radius 3 is 1.16 bits per heavy atom. The smallest absolute Gasteiger partial charge is 0.326 e. The van der Waals surface area contributed by atoms with Crippen molar-refractivity contribution >= 4 is 29.6 Å². The number of rotatable bonds is 17. The third-order valence-corrected chi connectivity index (χ3v) is 7.94. The highest BCUT2D eigenvalue weighted by Gasteiger charge is 2.32. The van der Waals surface area contributed by atoms with Crippen molar-refractivity contribution < 1.29 is 34.2 Å². The molecule has 0 saturated carbocycles. The van der Waals surface area contributed by atoms with Crippen LogP contribution in [-0.4, -0.2) is 70.5 Å². The molecule has 0 spiro atoms. The van der Waals surface area contributed by atoms with Crippen LogP contribution in [0, 0.1) is 0 Å². The molecule has 0 radical (unpaired) electrons. The van der Waals surface area contributed by atoms with Crippen molar-refractivity contribution in [1.29, 1.82) is 0 Å². The van der Waals surface area contributed by atoms with Crippen LogP contribution in [-0.2, 0) is 49.7 Å². The summed E-state index contributed by atoms with van der Waals surface area (Å²) in [5, 5.41) is 30.3. The Morgan fingerprint density at radius 2 is 0.800 bits per heavy atom. The van der Waals surface area contributed by atoms with Crippen molar-refractivity contribution in [3.05, 3.63) is 138 Å². The molecule has 0 heterocycles. The van der Waals surface area contributed by atoms with E-state index in [2.05, 4.69) is 21.3 Å². The van der Waals surface area contributed by atoms with Gasteiger partial charge in [-0.15, -0.1) is 0 Å². The number of carboxylic acids is 1. The number of hydrogen-bond acceptors (Lipinski definition) is 7. The summed E-state index contributed by atoms with van der Waals surface area (Å²) in [6.07, 6.45) is 0.144. The van der Waals surface area contributed by atoms with Crippen molar-refractivity contribution in [2.24, 2.45) is 5.73 Å². The Bertz CT molecular complexity index is 1720. The Hall–Kier alpha value is -6.01. The molecule has 4 aromatic carbocycles. The van der Waals surface area contributed by atoms with Crippen LogP contribution in [0.2, 0.25) is 0 Å². The lowest BCUT2D eigenvalue weighted by Crippen LogP contribution is -2.59. The SMILES string of the molecule is NCC(=O)N[C@@H](Cc1ccc(O)cc1)C(=O)N[C@@H](Cc1ccccc1)C(=O)N[C@@H](Cc1ccccc1)C(=O)N[C@@H](Cc1ccccc1)C(=O)O. The van der Waals surface area contributed by atoms with Crippen LogP contribution in [0.1, 0.15) is 22.3 Å². The molecular weight excluding hydrogens is 638 g/mol. The average molecular weight is 680 g/mol. The standard InChI is InChI=1S/C38H41N5O7/c39-24-34(45)40-30(22-28-16-18-29(44)19-17-28)35(46)41-31(20-25-10-4-1-5-11-25)36(47)42-32(21-26-12-6-2-7-13-26)37(48)43-33(38(49)50)23-27-14-8-3-9-15-27/h1-19,30-33,44H,20-24,39H2,(H,40,45)(H,41,46)(H,42,47)(H,43,48)(H,49,50)/t30-,31-,32-,33-/m0/s1. The fourth-order valence-electron chi connectivity index (χ4n) is 5.32. The zero-order valence-electron chi connectivity index (χ0n) is 27.3. The number of benzene rings is 4. The zero-order valence-corrected chi connectivity index (χ0v) is 27.3. The summed E-state index contributed by atoms with van der Waals surface area (Å²) in [5.41, 5.74) is 8.28. The van der Waals surface area contributed by atoms with Crippen molar-refractivity contribution in [2.75, 3.05) is 6.54 Å². The number of aliphatic carboxylic acids is 1. The van der Waals surface area contributed by atoms with E-state index in [9.17, 15) is 34.2 Å². The molecule has 0 aliphatic heterocycles. The summed E-state index contributed by atoms with van der Waals surface area (Å²) >= 11 is 0. The first kappa shape index (κ1) is 36.8. The predicted molar refractivity (Wildman–Crippen MR) is 187 cm³/mol. The number of phenols is 1. The summed E-state index contributed by atoms with van der Waals surface area (Å²) in [5.74, 6) is -3.87. The van der Waals surface area contributed by atoms with Gasteiger partial charge < -0.3 is 37.2 Å². The number of nitrogens with one attached hydrogen (secondary N) is 4. The van der Waals surface area contributed by atoms with Gasteiger partial charge in [-0.25, -0.2) is 4.79 Å². The molecule has 8 N–H and O–H groups in total. The summed E-state index contributed by atoms with van der Waals surface area (Å²) in [6, 6.07) is 28.0. The fraction of sp³-hybridized carbons (Fsp3) is 0.237. The van der Waals surface area contributed by atoms with E-state index in [1.54, 1.807) is 97.1 Å². The van der Waals surface area contributed by atoms with Crippen LogP contribution in [0.3, 0.4) is 0 Å². The number of hydrogen-bond donors (Lipinski definition) is 7. The lowest BCUT2D eigenvalue weighted by molar-refractivity contribution is -0.142. The first-order valence-electron chi connectivity index (χ1n) is 16.1. The number of carboxylic acid groups (broad SMARTS) is 1. The van der Waals surface area contributed by atoms with E-state index in [0.717, 1.165) is 0 Å². The van der Waals surface area contributed by atoms with Gasteiger partial charge in [0.05, 0.1) is 6.54 Å². The van der Waals surface area contributed by atoms with Gasteiger partial charge in [0.15, 0.2) is 0 Å². The van der Waals surface area contributed by atoms with Crippen molar-refractivity contribution in [2.45, 2.75) is 49.9 Å². The molecule has 0 bridgehead atoms. The van der Waals surface area contributed by atoms with Gasteiger partial charge in [0.1, 0.15) is 29.9 Å². The second-order valence-electron chi connectivity index (χ2n) is 11.8. The monoisotopic (exact) mass is 679 g/mol. The second kappa shape index (κ2) is 18.5. The van der Waals surface area contributed by atoms with E-state index in [1.807, 2.05) is 6.07 Å². The van der Waals surface area contributed by atoms with Crippen LogP contribution in [0.15, 0.2) is 115 Å². The molecule has 4 atom stereocenters. The molecule has 0 fully saturated rings. The van der Waals surface area contributed by atoms with Gasteiger partial charge in [-0.05, 0) is 34.4 Å². The molecule has 12 nitrogen and oxygen atoms in total. The summed E-state index contributed by atoms with van der Waals surface area (Å²) < 4.78 is 0. The molecule has 12 heteroatoms. The Labute approximate surface area is 290 Å². The minimum Gasteiger partial charge on any atom is -0.508 e. The molecule has 0 unspecified atom stereocenters. The molecule has 0 aromatic heterocycles. The average Bonchev–Trinajstić information content (AvgIpc) is 3.12. The topological polar surface area (TPSA) is 200 Å². The first-order chi connectivity index (χ1) is 24.1. The fourth-order valence-corrected chi connectivity index (χ4v) is 5.32. The van der Waals surface area contributed by atoms with Gasteiger partial charge in [-0.2, -0.15) is 0 Å². The van der Waals surface area contributed by atoms with E-state index in [0.29, 0.717) is 22.3 Å². The molecule has 0 aliphatic rings. The minimum absolute atomic E-state index is 0.0253. The van der Waals surface area contributed by atoms with E-state index in [4.69, 9.17) is 5.73 Å². The molecule has 4 rings (SSSR count). The molecule has 4 amide bonds. The highest BCUT2D eigenvalue weighted by atomic mass is 16.4. The number of carbonyl (C=O) groups excluding carboxylic acids is 4. The van der Waals surface area contributed by atoms with Gasteiger partial charge in [-0.1, -0.05) is 103 Å². The summed E-state index contributed by atoms with van der Waals surface area (Å²) in [7, 11) is 0. The number of phenolic OH excluding ortho intramolecular Hbond substituents is 1. The van der Waals surface area contributed by atoms with Crippen LogP contribution in [0.5, 0.6) is 5.75 Å². The third kappa shape index (κ3) is 11.6. The summed E-state index contributed by atoms with van der Waals surface area (Å²) in [4.78, 5) is 66.0. The van der Waals surface area contributed by atoms with Gasteiger partial charge in [0.25, 0.3) is 0 Å². The number of aromatic hydroxyl groups is 1. The van der Waals surface area contributed by atoms with Crippen molar-refractivity contribution in [3.63, 3.8) is 0 Å².